The molecule has 4 fully saturated rings. The average molecular weight is 352 g/mol. The van der Waals surface area contributed by atoms with Gasteiger partial charge >= 0.3 is 0 Å². The third-order valence-electron chi connectivity index (χ3n) is 6.32. The Morgan fingerprint density at radius 1 is 1.40 bits per heavy atom. The molecular formula is C17H22F2N4O2. The zero-order chi connectivity index (χ0) is 18.0. The van der Waals surface area contributed by atoms with Crippen molar-refractivity contribution in [3.05, 3.63) is 18.0 Å². The van der Waals surface area contributed by atoms with Crippen LogP contribution in [0.3, 0.4) is 0 Å². The van der Waals surface area contributed by atoms with E-state index >= 15 is 0 Å². The number of amides is 2. The Bertz CT molecular complexity index is 692. The normalized spacial score (nSPS) is 33.6. The molecule has 25 heavy (non-hydrogen) atoms. The fourth-order valence-corrected chi connectivity index (χ4v) is 5.13. The monoisotopic (exact) mass is 352 g/mol. The fourth-order valence-electron chi connectivity index (χ4n) is 5.13. The first-order chi connectivity index (χ1) is 11.8. The number of rotatable bonds is 6. The minimum absolute atomic E-state index is 0.151. The van der Waals surface area contributed by atoms with Gasteiger partial charge in [0.25, 0.3) is 11.8 Å². The Balaban J connectivity index is 1.42. The van der Waals surface area contributed by atoms with Crippen LogP contribution in [0.2, 0.25) is 0 Å². The van der Waals surface area contributed by atoms with Crippen LogP contribution in [0, 0.1) is 23.2 Å². The largest absolute Gasteiger partial charge is 0.350 e. The third kappa shape index (κ3) is 2.02. The van der Waals surface area contributed by atoms with Crippen molar-refractivity contribution < 1.29 is 18.4 Å². The summed E-state index contributed by atoms with van der Waals surface area (Å²) < 4.78 is 29.3. The lowest BCUT2D eigenvalue weighted by Crippen LogP contribution is -2.50. The molecule has 136 valence electrons. The molecule has 2 N–H and O–H groups in total. The highest BCUT2D eigenvalue weighted by atomic mass is 19.3. The molecule has 1 heterocycles. The van der Waals surface area contributed by atoms with E-state index in [9.17, 15) is 18.4 Å². The van der Waals surface area contributed by atoms with Gasteiger partial charge in [0, 0.05) is 31.2 Å². The van der Waals surface area contributed by atoms with Crippen LogP contribution >= 0.6 is 0 Å². The lowest BCUT2D eigenvalue weighted by Gasteiger charge is -2.33. The number of nitrogens with zero attached hydrogens (tertiary/aromatic N) is 2. The van der Waals surface area contributed by atoms with Gasteiger partial charge in [-0.25, -0.2) is 8.78 Å². The van der Waals surface area contributed by atoms with E-state index in [1.54, 1.807) is 0 Å². The van der Waals surface area contributed by atoms with Crippen LogP contribution in [0.4, 0.5) is 8.78 Å². The van der Waals surface area contributed by atoms with E-state index in [1.807, 2.05) is 13.8 Å². The van der Waals surface area contributed by atoms with Crippen LogP contribution in [-0.4, -0.2) is 52.0 Å². The first-order valence-corrected chi connectivity index (χ1v) is 8.77. The molecule has 1 aromatic heterocycles. The van der Waals surface area contributed by atoms with Gasteiger partial charge in [-0.05, 0) is 38.5 Å². The molecule has 4 aliphatic carbocycles. The van der Waals surface area contributed by atoms with E-state index in [-0.39, 0.29) is 36.9 Å². The number of hydrogen-bond donors (Lipinski definition) is 2. The number of alkyl halides is 2. The summed E-state index contributed by atoms with van der Waals surface area (Å²) in [4.78, 5) is 26.5. The molecule has 0 radical (unpaired) electrons. The number of aromatic amines is 1. The molecular weight excluding hydrogens is 330 g/mol. The summed E-state index contributed by atoms with van der Waals surface area (Å²) in [7, 11) is 0. The molecule has 4 saturated carbocycles. The molecule has 4 bridgehead atoms. The van der Waals surface area contributed by atoms with Gasteiger partial charge in [0.05, 0.1) is 11.8 Å². The van der Waals surface area contributed by atoms with Gasteiger partial charge in [0.2, 0.25) is 5.91 Å². The topological polar surface area (TPSA) is 78.1 Å². The second-order valence-corrected chi connectivity index (χ2v) is 7.71. The van der Waals surface area contributed by atoms with Crippen LogP contribution in [0.15, 0.2) is 12.4 Å². The standard InChI is InChI=1S/C17H22F2N4O2/c1-9(2)23(4-3-20-14(24)10-7-21-22-8-10)15(25)16-12-5-11(6-13(12)16)17(16,18)19/h7-9,11-13H,3-6H2,1-2H3,(H,20,24)(H,21,22). The van der Waals surface area contributed by atoms with Gasteiger partial charge in [0.15, 0.2) is 0 Å². The number of hydrogen-bond acceptors (Lipinski definition) is 3. The van der Waals surface area contributed by atoms with Gasteiger partial charge in [-0.15, -0.1) is 0 Å². The van der Waals surface area contributed by atoms with E-state index < -0.39 is 23.2 Å². The van der Waals surface area contributed by atoms with E-state index in [2.05, 4.69) is 15.5 Å². The number of carbonyl (C=O) groups is 2. The molecule has 2 atom stereocenters. The van der Waals surface area contributed by atoms with E-state index in [4.69, 9.17) is 0 Å². The van der Waals surface area contributed by atoms with E-state index in [0.29, 0.717) is 18.4 Å². The second-order valence-electron chi connectivity index (χ2n) is 7.71. The maximum absolute atomic E-state index is 14.7. The van der Waals surface area contributed by atoms with Crippen LogP contribution in [-0.2, 0) is 4.79 Å². The Kier molecular flexibility index (Phi) is 3.46. The summed E-state index contributed by atoms with van der Waals surface area (Å²) in [5.41, 5.74) is -1.07. The lowest BCUT2D eigenvalue weighted by atomic mass is 9.96. The SMILES string of the molecule is CC(C)N(CCNC(=O)c1cn[nH]c1)C(=O)C12C3CC(CC31)C2(F)F. The highest BCUT2D eigenvalue weighted by Gasteiger charge is 2.92. The van der Waals surface area contributed by atoms with Gasteiger partial charge in [-0.1, -0.05) is 0 Å². The number of H-pyrrole nitrogens is 1. The number of halogens is 2. The molecule has 5 rings (SSSR count). The highest BCUT2D eigenvalue weighted by molar-refractivity contribution is 5.93. The van der Waals surface area contributed by atoms with Gasteiger partial charge < -0.3 is 10.2 Å². The predicted molar refractivity (Wildman–Crippen MR) is 84.9 cm³/mol. The maximum Gasteiger partial charge on any atom is 0.265 e. The van der Waals surface area contributed by atoms with Crippen molar-refractivity contribution >= 4 is 11.8 Å². The smallest absolute Gasteiger partial charge is 0.265 e. The minimum atomic E-state index is -2.88. The van der Waals surface area contributed by atoms with Crippen molar-refractivity contribution in [1.29, 1.82) is 0 Å². The zero-order valence-electron chi connectivity index (χ0n) is 14.3. The number of carbonyl (C=O) groups excluding carboxylic acids is 2. The Hall–Kier alpha value is -1.99. The predicted octanol–water partition coefficient (Wildman–Crippen LogP) is 1.67. The van der Waals surface area contributed by atoms with Crippen LogP contribution in [0.1, 0.15) is 37.0 Å². The summed E-state index contributed by atoms with van der Waals surface area (Å²) in [5.74, 6) is -4.54. The molecule has 0 aliphatic heterocycles. The molecule has 1 aromatic rings. The Labute approximate surface area is 144 Å². The van der Waals surface area contributed by atoms with Gasteiger partial charge in [-0.3, -0.25) is 14.7 Å². The van der Waals surface area contributed by atoms with Gasteiger partial charge in [0.1, 0.15) is 5.41 Å². The van der Waals surface area contributed by atoms with Gasteiger partial charge in [-0.2, -0.15) is 5.10 Å². The van der Waals surface area contributed by atoms with Crippen molar-refractivity contribution in [3.63, 3.8) is 0 Å². The molecule has 4 aliphatic rings. The maximum atomic E-state index is 14.7. The fraction of sp³-hybridized carbons (Fsp3) is 0.706. The number of nitrogens with one attached hydrogen (secondary N) is 2. The summed E-state index contributed by atoms with van der Waals surface area (Å²) >= 11 is 0. The Morgan fingerprint density at radius 2 is 2.08 bits per heavy atom. The summed E-state index contributed by atoms with van der Waals surface area (Å²) in [6.07, 6.45) is 3.83. The highest BCUT2D eigenvalue weighted by Crippen LogP contribution is 2.85. The van der Waals surface area contributed by atoms with Crippen molar-refractivity contribution in [1.82, 2.24) is 20.4 Å². The number of aromatic nitrogens is 2. The first-order valence-electron chi connectivity index (χ1n) is 8.77. The quantitative estimate of drug-likeness (QED) is 0.817. The molecule has 0 spiro atoms. The van der Waals surface area contributed by atoms with Crippen molar-refractivity contribution in [2.24, 2.45) is 23.2 Å². The summed E-state index contributed by atoms with van der Waals surface area (Å²) in [6, 6.07) is -0.192. The van der Waals surface area contributed by atoms with Crippen molar-refractivity contribution in [2.75, 3.05) is 13.1 Å². The first kappa shape index (κ1) is 16.5. The average Bonchev–Trinajstić information content (AvgIpc) is 3.04. The van der Waals surface area contributed by atoms with Crippen molar-refractivity contribution in [2.45, 2.75) is 38.7 Å². The molecule has 8 heteroatoms. The summed E-state index contributed by atoms with van der Waals surface area (Å²) in [6.45, 7) is 4.08. The van der Waals surface area contributed by atoms with E-state index in [0.717, 1.165) is 0 Å². The van der Waals surface area contributed by atoms with Crippen LogP contribution < -0.4 is 5.32 Å². The molecule has 0 aromatic carbocycles. The summed E-state index contributed by atoms with van der Waals surface area (Å²) in [5, 5.41) is 8.96. The second kappa shape index (κ2) is 5.25. The van der Waals surface area contributed by atoms with Crippen LogP contribution in [0.25, 0.3) is 0 Å². The molecule has 6 nitrogen and oxygen atoms in total. The zero-order valence-corrected chi connectivity index (χ0v) is 14.3. The Morgan fingerprint density at radius 3 is 2.56 bits per heavy atom. The molecule has 2 amide bonds. The lowest BCUT2D eigenvalue weighted by molar-refractivity contribution is -0.156. The third-order valence-corrected chi connectivity index (χ3v) is 6.32. The molecule has 2 unspecified atom stereocenters. The minimum Gasteiger partial charge on any atom is -0.350 e. The van der Waals surface area contributed by atoms with Crippen LogP contribution in [0.5, 0.6) is 0 Å². The molecule has 0 saturated heterocycles. The van der Waals surface area contributed by atoms with E-state index in [1.165, 1.54) is 17.3 Å². The van der Waals surface area contributed by atoms with Crippen molar-refractivity contribution in [3.8, 4) is 0 Å².